The second kappa shape index (κ2) is 13.9. The predicted octanol–water partition coefficient (Wildman–Crippen LogP) is 6.94. The number of hydrogen-bond acceptors (Lipinski definition) is 7. The Morgan fingerprint density at radius 2 is 1.76 bits per heavy atom. The Morgan fingerprint density at radius 3 is 2.46 bits per heavy atom. The monoisotopic (exact) mass is 714 g/mol. The summed E-state index contributed by atoms with van der Waals surface area (Å²) in [4.78, 5) is 33.2. The number of benzene rings is 4. The highest BCUT2D eigenvalue weighted by molar-refractivity contribution is 9.10. The molecule has 1 aromatic heterocycles. The second-order valence-electron chi connectivity index (χ2n) is 10.3. The van der Waals surface area contributed by atoms with E-state index in [1.807, 2.05) is 103 Å². The normalized spacial score (nSPS) is 14.4. The van der Waals surface area contributed by atoms with Crippen molar-refractivity contribution in [2.24, 2.45) is 4.99 Å². The highest BCUT2D eigenvalue weighted by atomic mass is 79.9. The summed E-state index contributed by atoms with van der Waals surface area (Å²) >= 11 is 11.2. The van der Waals surface area contributed by atoms with Crippen LogP contribution in [-0.4, -0.2) is 24.3 Å². The molecule has 0 bridgehead atoms. The molecule has 1 aliphatic heterocycles. The number of carbonyl (C=O) groups is 1. The summed E-state index contributed by atoms with van der Waals surface area (Å²) in [6, 6.07) is 29.2. The smallest absolute Gasteiger partial charge is 0.338 e. The maximum atomic E-state index is 14.2. The third-order valence-electron chi connectivity index (χ3n) is 7.40. The number of ether oxygens (including phenoxy) is 3. The van der Waals surface area contributed by atoms with E-state index in [0.29, 0.717) is 43.7 Å². The van der Waals surface area contributed by atoms with Crippen molar-refractivity contribution in [2.75, 3.05) is 13.7 Å². The molecular formula is C36H28BrClN2O5S. The number of halogens is 2. The zero-order chi connectivity index (χ0) is 32.2. The predicted molar refractivity (Wildman–Crippen MR) is 184 cm³/mol. The fourth-order valence-electron chi connectivity index (χ4n) is 5.19. The van der Waals surface area contributed by atoms with E-state index in [9.17, 15) is 9.59 Å². The molecule has 0 fully saturated rings. The standard InChI is InChI=1S/C36H28BrClN2O5S/c1-3-44-35(42)31-32(23-9-5-4-6-10-23)39-36-40(33(31)24-14-16-26(43-2)17-15-24)34(41)30(46-36)20-22-13-18-29(27(37)19-22)45-21-25-11-7-8-12-28(25)38/h4-20,33H,3,21H2,1-2H3/b30-20-/t33-/m1/s1. The Bertz CT molecular complexity index is 2120. The Morgan fingerprint density at radius 1 is 1.02 bits per heavy atom. The van der Waals surface area contributed by atoms with Gasteiger partial charge in [-0.15, -0.1) is 0 Å². The first-order valence-electron chi connectivity index (χ1n) is 14.5. The Balaban J connectivity index is 1.46. The van der Waals surface area contributed by atoms with Crippen molar-refractivity contribution < 1.29 is 19.0 Å². The molecule has 0 radical (unpaired) electrons. The summed E-state index contributed by atoms with van der Waals surface area (Å²) in [5.41, 5.74) is 3.63. The molecule has 6 rings (SSSR count). The van der Waals surface area contributed by atoms with E-state index in [2.05, 4.69) is 15.9 Å². The van der Waals surface area contributed by atoms with Crippen LogP contribution in [0.2, 0.25) is 5.02 Å². The number of carbonyl (C=O) groups excluding carboxylic acids is 1. The SMILES string of the molecule is CCOC(=O)C1=C(c2ccccc2)N=c2s/c(=C\c3ccc(OCc4ccccc4Cl)c(Br)c3)c(=O)n2[C@@H]1c1ccc(OC)cc1. The van der Waals surface area contributed by atoms with E-state index >= 15 is 0 Å². The lowest BCUT2D eigenvalue weighted by molar-refractivity contribution is -0.138. The maximum Gasteiger partial charge on any atom is 0.338 e. The highest BCUT2D eigenvalue weighted by Gasteiger charge is 2.35. The number of esters is 1. The molecule has 1 atom stereocenters. The third kappa shape index (κ3) is 6.44. The van der Waals surface area contributed by atoms with Crippen molar-refractivity contribution in [3.63, 3.8) is 0 Å². The van der Waals surface area contributed by atoms with Crippen LogP contribution in [0, 0.1) is 0 Å². The summed E-state index contributed by atoms with van der Waals surface area (Å²) in [7, 11) is 1.59. The molecule has 0 unspecified atom stereocenters. The van der Waals surface area contributed by atoms with Gasteiger partial charge in [0.1, 0.15) is 18.1 Å². The first kappa shape index (κ1) is 31.5. The summed E-state index contributed by atoms with van der Waals surface area (Å²) in [6.07, 6.45) is 1.81. The van der Waals surface area contributed by atoms with Gasteiger partial charge in [-0.1, -0.05) is 89.7 Å². The van der Waals surface area contributed by atoms with Gasteiger partial charge in [0, 0.05) is 16.1 Å². The number of fused-ring (bicyclic) bond motifs is 1. The number of hydrogen-bond donors (Lipinski definition) is 0. The average molecular weight is 716 g/mol. The van der Waals surface area contributed by atoms with Crippen LogP contribution >= 0.6 is 38.9 Å². The summed E-state index contributed by atoms with van der Waals surface area (Å²) in [5.74, 6) is 0.770. The summed E-state index contributed by atoms with van der Waals surface area (Å²) in [5, 5.41) is 0.639. The molecule has 46 heavy (non-hydrogen) atoms. The van der Waals surface area contributed by atoms with Gasteiger partial charge in [-0.3, -0.25) is 9.36 Å². The molecule has 0 saturated carbocycles. The van der Waals surface area contributed by atoms with Crippen LogP contribution in [0.5, 0.6) is 11.5 Å². The van der Waals surface area contributed by atoms with Gasteiger partial charge in [0.05, 0.1) is 40.0 Å². The van der Waals surface area contributed by atoms with E-state index in [0.717, 1.165) is 26.7 Å². The summed E-state index contributed by atoms with van der Waals surface area (Å²) < 4.78 is 19.7. The minimum atomic E-state index is -0.772. The number of thiazole rings is 1. The molecule has 4 aromatic carbocycles. The number of methoxy groups -OCH3 is 1. The molecule has 2 heterocycles. The molecular weight excluding hydrogens is 688 g/mol. The van der Waals surface area contributed by atoms with Gasteiger partial charge in [-0.05, 0) is 70.4 Å². The first-order chi connectivity index (χ1) is 22.4. The Hall–Kier alpha value is -4.44. The molecule has 0 spiro atoms. The fourth-order valence-corrected chi connectivity index (χ4v) is 6.89. The molecule has 0 N–H and O–H groups in total. The van der Waals surface area contributed by atoms with Crippen LogP contribution in [0.1, 0.15) is 35.2 Å². The quantitative estimate of drug-likeness (QED) is 0.155. The van der Waals surface area contributed by atoms with Crippen LogP contribution < -0.4 is 24.4 Å². The van der Waals surface area contributed by atoms with Crippen molar-refractivity contribution in [2.45, 2.75) is 19.6 Å². The highest BCUT2D eigenvalue weighted by Crippen LogP contribution is 2.36. The number of nitrogens with zero attached hydrogens (tertiary/aromatic N) is 2. The van der Waals surface area contributed by atoms with Crippen LogP contribution in [0.15, 0.2) is 117 Å². The van der Waals surface area contributed by atoms with E-state index in [1.54, 1.807) is 18.6 Å². The fraction of sp³-hybridized carbons (Fsp3) is 0.139. The van der Waals surface area contributed by atoms with Gasteiger partial charge in [-0.25, -0.2) is 9.79 Å². The number of aromatic nitrogens is 1. The van der Waals surface area contributed by atoms with E-state index < -0.39 is 12.0 Å². The van der Waals surface area contributed by atoms with Crippen LogP contribution in [0.3, 0.4) is 0 Å². The van der Waals surface area contributed by atoms with Crippen LogP contribution in [-0.2, 0) is 16.1 Å². The number of rotatable bonds is 9. The zero-order valence-corrected chi connectivity index (χ0v) is 28.1. The van der Waals surface area contributed by atoms with Crippen LogP contribution in [0.4, 0.5) is 0 Å². The van der Waals surface area contributed by atoms with Gasteiger partial charge in [0.25, 0.3) is 5.56 Å². The molecule has 0 aliphatic carbocycles. The van der Waals surface area contributed by atoms with E-state index in [4.69, 9.17) is 30.8 Å². The van der Waals surface area contributed by atoms with Crippen molar-refractivity contribution in [1.82, 2.24) is 4.57 Å². The summed E-state index contributed by atoms with van der Waals surface area (Å²) in [6.45, 7) is 2.24. The van der Waals surface area contributed by atoms with Crippen molar-refractivity contribution in [3.8, 4) is 11.5 Å². The molecule has 232 valence electrons. The minimum Gasteiger partial charge on any atom is -0.497 e. The third-order valence-corrected chi connectivity index (χ3v) is 9.37. The Labute approximate surface area is 282 Å². The van der Waals surface area contributed by atoms with E-state index in [1.165, 1.54) is 11.3 Å². The lowest BCUT2D eigenvalue weighted by Gasteiger charge is -2.26. The molecule has 10 heteroatoms. The molecule has 0 amide bonds. The molecule has 7 nitrogen and oxygen atoms in total. The molecule has 0 saturated heterocycles. The van der Waals surface area contributed by atoms with Crippen LogP contribution in [0.25, 0.3) is 11.8 Å². The van der Waals surface area contributed by atoms with E-state index in [-0.39, 0.29) is 12.2 Å². The molecule has 1 aliphatic rings. The van der Waals surface area contributed by atoms with Gasteiger partial charge < -0.3 is 14.2 Å². The molecule has 5 aromatic rings. The van der Waals surface area contributed by atoms with Gasteiger partial charge in [-0.2, -0.15) is 0 Å². The second-order valence-corrected chi connectivity index (χ2v) is 12.5. The van der Waals surface area contributed by atoms with Gasteiger partial charge in [0.2, 0.25) is 0 Å². The van der Waals surface area contributed by atoms with Crippen molar-refractivity contribution >= 4 is 56.6 Å². The first-order valence-corrected chi connectivity index (χ1v) is 16.4. The minimum absolute atomic E-state index is 0.178. The largest absolute Gasteiger partial charge is 0.497 e. The van der Waals surface area contributed by atoms with Crippen molar-refractivity contribution in [3.05, 3.63) is 154 Å². The average Bonchev–Trinajstić information content (AvgIpc) is 3.38. The van der Waals surface area contributed by atoms with Gasteiger partial charge >= 0.3 is 5.97 Å². The maximum absolute atomic E-state index is 14.2. The van der Waals surface area contributed by atoms with Crippen molar-refractivity contribution in [1.29, 1.82) is 0 Å². The lowest BCUT2D eigenvalue weighted by atomic mass is 9.93. The Kier molecular flexibility index (Phi) is 9.53. The van der Waals surface area contributed by atoms with Gasteiger partial charge in [0.15, 0.2) is 4.80 Å². The zero-order valence-electron chi connectivity index (χ0n) is 24.9. The lowest BCUT2D eigenvalue weighted by Crippen LogP contribution is -2.40. The topological polar surface area (TPSA) is 79.1 Å².